The van der Waals surface area contributed by atoms with Crippen LogP contribution in [0.15, 0.2) is 20.1 Å². The summed E-state index contributed by atoms with van der Waals surface area (Å²) in [6.07, 6.45) is 0.574. The predicted molar refractivity (Wildman–Crippen MR) is 73.2 cm³/mol. The van der Waals surface area contributed by atoms with Crippen molar-refractivity contribution in [3.05, 3.63) is 15.9 Å². The number of carbonyl (C=O) groups is 1. The zero-order valence-electron chi connectivity index (χ0n) is 9.72. The lowest BCUT2D eigenvalue weighted by Crippen LogP contribution is -2.30. The molecule has 0 aliphatic carbocycles. The van der Waals surface area contributed by atoms with E-state index in [0.717, 1.165) is 11.3 Å². The summed E-state index contributed by atoms with van der Waals surface area (Å²) in [4.78, 5) is 10.6. The maximum Gasteiger partial charge on any atom is 0.303 e. The Balaban J connectivity index is 2.67. The highest BCUT2D eigenvalue weighted by Gasteiger charge is 2.21. The van der Waals surface area contributed by atoms with Crippen molar-refractivity contribution in [1.29, 1.82) is 0 Å². The summed E-state index contributed by atoms with van der Waals surface area (Å²) in [6.45, 7) is 1.97. The first kappa shape index (κ1) is 15.6. The zero-order valence-corrected chi connectivity index (χ0v) is 12.9. The number of nitrogens with one attached hydrogen (secondary N) is 1. The molecule has 0 saturated heterocycles. The Labute approximate surface area is 118 Å². The van der Waals surface area contributed by atoms with E-state index in [2.05, 4.69) is 20.7 Å². The fourth-order valence-electron chi connectivity index (χ4n) is 1.37. The van der Waals surface area contributed by atoms with E-state index in [1.54, 1.807) is 11.4 Å². The van der Waals surface area contributed by atoms with Gasteiger partial charge >= 0.3 is 5.97 Å². The van der Waals surface area contributed by atoms with Gasteiger partial charge in [0.1, 0.15) is 4.21 Å². The normalized spacial score (nSPS) is 13.4. The van der Waals surface area contributed by atoms with Crippen LogP contribution in [0.4, 0.5) is 0 Å². The average molecular weight is 356 g/mol. The summed E-state index contributed by atoms with van der Waals surface area (Å²) in [5, 5.41) is 10.4. The average Bonchev–Trinajstić information content (AvgIpc) is 2.71. The van der Waals surface area contributed by atoms with Crippen LogP contribution in [0.25, 0.3) is 0 Å². The number of rotatable bonds is 7. The van der Waals surface area contributed by atoms with E-state index in [1.807, 2.05) is 6.92 Å². The number of hydrogen-bond donors (Lipinski definition) is 2. The van der Waals surface area contributed by atoms with Crippen LogP contribution >= 0.6 is 27.3 Å². The van der Waals surface area contributed by atoms with E-state index in [1.165, 1.54) is 0 Å². The lowest BCUT2D eigenvalue weighted by Gasteiger charge is -2.13. The Kier molecular flexibility index (Phi) is 5.77. The smallest absolute Gasteiger partial charge is 0.303 e. The summed E-state index contributed by atoms with van der Waals surface area (Å²) in [7, 11) is -3.56. The highest BCUT2D eigenvalue weighted by molar-refractivity contribution is 9.10. The third-order valence-electron chi connectivity index (χ3n) is 2.43. The molecule has 0 aliphatic rings. The predicted octanol–water partition coefficient (Wildman–Crippen LogP) is 2.29. The van der Waals surface area contributed by atoms with Crippen LogP contribution in [0.3, 0.4) is 0 Å². The molecule has 1 heterocycles. The van der Waals surface area contributed by atoms with Gasteiger partial charge in [0.2, 0.25) is 0 Å². The molecule has 8 heteroatoms. The van der Waals surface area contributed by atoms with Crippen LogP contribution in [-0.2, 0) is 14.8 Å². The first-order chi connectivity index (χ1) is 8.36. The van der Waals surface area contributed by atoms with Crippen molar-refractivity contribution in [2.24, 2.45) is 5.92 Å². The van der Waals surface area contributed by atoms with Crippen molar-refractivity contribution in [2.75, 3.05) is 6.54 Å². The molecule has 18 heavy (non-hydrogen) atoms. The molecule has 5 nitrogen and oxygen atoms in total. The van der Waals surface area contributed by atoms with E-state index in [9.17, 15) is 13.2 Å². The molecule has 1 rings (SSSR count). The second kappa shape index (κ2) is 6.65. The van der Waals surface area contributed by atoms with Gasteiger partial charge in [0, 0.05) is 17.4 Å². The minimum absolute atomic E-state index is 0.0371. The van der Waals surface area contributed by atoms with Gasteiger partial charge in [0.05, 0.1) is 0 Å². The molecule has 0 fully saturated rings. The second-order valence-electron chi connectivity index (χ2n) is 3.78. The number of thiophene rings is 1. The lowest BCUT2D eigenvalue weighted by molar-refractivity contribution is -0.138. The van der Waals surface area contributed by atoms with Gasteiger partial charge in [-0.3, -0.25) is 4.79 Å². The van der Waals surface area contributed by atoms with Crippen molar-refractivity contribution in [1.82, 2.24) is 4.72 Å². The highest BCUT2D eigenvalue weighted by atomic mass is 79.9. The fraction of sp³-hybridized carbons (Fsp3) is 0.500. The first-order valence-corrected chi connectivity index (χ1v) is 8.46. The Morgan fingerprint density at radius 2 is 2.28 bits per heavy atom. The summed E-state index contributed by atoms with van der Waals surface area (Å²) >= 11 is 4.28. The highest BCUT2D eigenvalue weighted by Crippen LogP contribution is 2.27. The third kappa shape index (κ3) is 4.34. The van der Waals surface area contributed by atoms with E-state index >= 15 is 0 Å². The molecule has 102 valence electrons. The van der Waals surface area contributed by atoms with Crippen LogP contribution in [0.2, 0.25) is 0 Å². The Morgan fingerprint density at radius 1 is 1.61 bits per heavy atom. The van der Waals surface area contributed by atoms with E-state index in [0.29, 0.717) is 10.9 Å². The maximum atomic E-state index is 11.9. The number of sulfonamides is 1. The van der Waals surface area contributed by atoms with E-state index < -0.39 is 16.0 Å². The second-order valence-corrected chi connectivity index (χ2v) is 7.51. The molecule has 0 saturated carbocycles. The summed E-state index contributed by atoms with van der Waals surface area (Å²) in [6, 6.07) is 1.66. The SMILES string of the molecule is CCC(CNS(=O)(=O)c1sccc1Br)CC(=O)O. The molecule has 0 aliphatic heterocycles. The van der Waals surface area contributed by atoms with E-state index in [4.69, 9.17) is 5.11 Å². The van der Waals surface area contributed by atoms with Crippen LogP contribution in [0.5, 0.6) is 0 Å². The molecule has 1 atom stereocenters. The van der Waals surface area contributed by atoms with Crippen molar-refractivity contribution < 1.29 is 18.3 Å². The standard InChI is InChI=1S/C10H14BrNO4S2/c1-2-7(5-9(13)14)6-12-18(15,16)10-8(11)3-4-17-10/h3-4,7,12H,2,5-6H2,1H3,(H,13,14). The van der Waals surface area contributed by atoms with Crippen LogP contribution < -0.4 is 4.72 Å². The van der Waals surface area contributed by atoms with Crippen molar-refractivity contribution in [2.45, 2.75) is 24.0 Å². The minimum Gasteiger partial charge on any atom is -0.481 e. The monoisotopic (exact) mass is 355 g/mol. The summed E-state index contributed by atoms with van der Waals surface area (Å²) in [5.41, 5.74) is 0. The molecular formula is C10H14BrNO4S2. The van der Waals surface area contributed by atoms with Gasteiger partial charge in [0.25, 0.3) is 10.0 Å². The topological polar surface area (TPSA) is 83.5 Å². The van der Waals surface area contributed by atoms with Crippen LogP contribution in [0, 0.1) is 5.92 Å². The number of hydrogen-bond acceptors (Lipinski definition) is 4. The Morgan fingerprint density at radius 3 is 2.72 bits per heavy atom. The van der Waals surface area contributed by atoms with Gasteiger partial charge in [-0.1, -0.05) is 13.3 Å². The molecule has 1 unspecified atom stereocenters. The Bertz CT molecular complexity index is 512. The minimum atomic E-state index is -3.56. The molecular weight excluding hydrogens is 342 g/mol. The molecule has 1 aromatic heterocycles. The first-order valence-electron chi connectivity index (χ1n) is 5.31. The molecule has 2 N–H and O–H groups in total. The van der Waals surface area contributed by atoms with Crippen molar-refractivity contribution in [3.8, 4) is 0 Å². The molecule has 0 bridgehead atoms. The molecule has 0 spiro atoms. The lowest BCUT2D eigenvalue weighted by atomic mass is 10.0. The van der Waals surface area contributed by atoms with E-state index in [-0.39, 0.29) is 23.1 Å². The van der Waals surface area contributed by atoms with Crippen LogP contribution in [0.1, 0.15) is 19.8 Å². The number of halogens is 1. The number of carboxylic acid groups (broad SMARTS) is 1. The zero-order chi connectivity index (χ0) is 13.8. The summed E-state index contributed by atoms with van der Waals surface area (Å²) < 4.78 is 27.1. The molecule has 0 aromatic carbocycles. The van der Waals surface area contributed by atoms with Gasteiger partial charge in [-0.25, -0.2) is 13.1 Å². The number of carboxylic acids is 1. The van der Waals surface area contributed by atoms with Gasteiger partial charge in [-0.15, -0.1) is 11.3 Å². The largest absolute Gasteiger partial charge is 0.481 e. The molecule has 1 aromatic rings. The fourth-order valence-corrected chi connectivity index (χ4v) is 4.87. The van der Waals surface area contributed by atoms with Gasteiger partial charge in [0.15, 0.2) is 0 Å². The van der Waals surface area contributed by atoms with Crippen molar-refractivity contribution >= 4 is 43.3 Å². The van der Waals surface area contributed by atoms with Crippen molar-refractivity contribution in [3.63, 3.8) is 0 Å². The molecule has 0 amide bonds. The number of aliphatic carboxylic acids is 1. The van der Waals surface area contributed by atoms with Gasteiger partial charge in [-0.2, -0.15) is 0 Å². The Hall–Kier alpha value is -0.440. The maximum absolute atomic E-state index is 11.9. The molecule has 0 radical (unpaired) electrons. The van der Waals surface area contributed by atoms with Gasteiger partial charge in [-0.05, 0) is 33.3 Å². The third-order valence-corrected chi connectivity index (χ3v) is 6.52. The summed E-state index contributed by atoms with van der Waals surface area (Å²) in [5.74, 6) is -1.12. The quantitative estimate of drug-likeness (QED) is 0.785. The van der Waals surface area contributed by atoms with Gasteiger partial charge < -0.3 is 5.11 Å². The van der Waals surface area contributed by atoms with Crippen LogP contribution in [-0.4, -0.2) is 26.0 Å².